The maximum Gasteiger partial charge on any atom is 0.246 e. The molecule has 2 rings (SSSR count). The summed E-state index contributed by atoms with van der Waals surface area (Å²) in [7, 11) is -1.79. The van der Waals surface area contributed by atoms with Gasteiger partial charge in [-0.05, 0) is 32.9 Å². The summed E-state index contributed by atoms with van der Waals surface area (Å²) in [5, 5.41) is 6.47. The number of likely N-dealkylation sites (tertiary alicyclic amines) is 1. The van der Waals surface area contributed by atoms with Crippen LogP contribution in [0.5, 0.6) is 0 Å². The second kappa shape index (κ2) is 5.60. The average molecular weight is 286 g/mol. The van der Waals surface area contributed by atoms with E-state index in [4.69, 9.17) is 0 Å². The number of sulfonamides is 1. The summed E-state index contributed by atoms with van der Waals surface area (Å²) in [6.45, 7) is 6.43. The molecule has 0 saturated carbocycles. The van der Waals surface area contributed by atoms with E-state index < -0.39 is 10.0 Å². The van der Waals surface area contributed by atoms with E-state index in [1.54, 1.807) is 14.0 Å². The molecule has 2 heterocycles. The average Bonchev–Trinajstić information content (AvgIpc) is 2.97. The molecule has 1 fully saturated rings. The van der Waals surface area contributed by atoms with E-state index in [-0.39, 0.29) is 4.90 Å². The molecule has 1 aliphatic rings. The molecule has 0 spiro atoms. The topological polar surface area (TPSA) is 69.3 Å². The van der Waals surface area contributed by atoms with Crippen molar-refractivity contribution in [3.05, 3.63) is 11.9 Å². The van der Waals surface area contributed by atoms with Gasteiger partial charge in [-0.3, -0.25) is 10.00 Å². The maximum absolute atomic E-state index is 12.4. The number of aryl methyl sites for hydroxylation is 1. The van der Waals surface area contributed by atoms with E-state index >= 15 is 0 Å². The third kappa shape index (κ3) is 2.82. The first kappa shape index (κ1) is 14.5. The molecule has 1 aromatic rings. The molecule has 1 aromatic heterocycles. The summed E-state index contributed by atoms with van der Waals surface area (Å²) in [6, 6.07) is 0.331. The predicted octanol–water partition coefficient (Wildman–Crippen LogP) is 0.823. The zero-order chi connectivity index (χ0) is 14.0. The molecule has 1 saturated heterocycles. The van der Waals surface area contributed by atoms with Gasteiger partial charge in [-0.15, -0.1) is 0 Å². The molecule has 0 radical (unpaired) electrons. The second-order valence-electron chi connectivity index (χ2n) is 5.07. The molecule has 0 aromatic carbocycles. The van der Waals surface area contributed by atoms with Crippen LogP contribution in [0, 0.1) is 6.92 Å². The molecule has 1 N–H and O–H groups in total. The minimum Gasteiger partial charge on any atom is -0.299 e. The number of hydrogen-bond donors (Lipinski definition) is 1. The van der Waals surface area contributed by atoms with E-state index in [0.29, 0.717) is 18.3 Å². The number of H-pyrrole nitrogens is 1. The van der Waals surface area contributed by atoms with Gasteiger partial charge in [-0.25, -0.2) is 8.42 Å². The van der Waals surface area contributed by atoms with Gasteiger partial charge < -0.3 is 0 Å². The number of aromatic amines is 1. The first-order valence-electron chi connectivity index (χ1n) is 6.67. The zero-order valence-electron chi connectivity index (χ0n) is 11.8. The van der Waals surface area contributed by atoms with Gasteiger partial charge >= 0.3 is 0 Å². The van der Waals surface area contributed by atoms with Crippen molar-refractivity contribution in [1.82, 2.24) is 19.4 Å². The maximum atomic E-state index is 12.4. The summed E-state index contributed by atoms with van der Waals surface area (Å²) in [6.07, 6.45) is 3.60. The Labute approximate surface area is 114 Å². The fourth-order valence-electron chi connectivity index (χ4n) is 2.68. The highest BCUT2D eigenvalue weighted by Crippen LogP contribution is 2.21. The minimum absolute atomic E-state index is 0.274. The Morgan fingerprint density at radius 1 is 1.58 bits per heavy atom. The lowest BCUT2D eigenvalue weighted by atomic mass is 10.2. The van der Waals surface area contributed by atoms with Gasteiger partial charge in [0.15, 0.2) is 0 Å². The molecular formula is C12H22N4O2S. The van der Waals surface area contributed by atoms with Gasteiger partial charge in [-0.1, -0.05) is 6.92 Å². The number of nitrogens with zero attached hydrogens (tertiary/aromatic N) is 3. The molecule has 1 atom stereocenters. The summed E-state index contributed by atoms with van der Waals surface area (Å²) in [5.41, 5.74) is 0.589. The molecule has 1 aliphatic heterocycles. The van der Waals surface area contributed by atoms with Gasteiger partial charge in [-0.2, -0.15) is 9.40 Å². The normalized spacial score (nSPS) is 21.4. The fraction of sp³-hybridized carbons (Fsp3) is 0.750. The summed E-state index contributed by atoms with van der Waals surface area (Å²) in [5.74, 6) is 0. The van der Waals surface area contributed by atoms with E-state index in [9.17, 15) is 8.42 Å². The summed E-state index contributed by atoms with van der Waals surface area (Å²) < 4.78 is 26.3. The molecule has 1 unspecified atom stereocenters. The smallest absolute Gasteiger partial charge is 0.246 e. The van der Waals surface area contributed by atoms with E-state index in [1.807, 2.05) is 0 Å². The van der Waals surface area contributed by atoms with E-state index in [0.717, 1.165) is 25.9 Å². The van der Waals surface area contributed by atoms with Crippen molar-refractivity contribution in [2.24, 2.45) is 0 Å². The largest absolute Gasteiger partial charge is 0.299 e. The fourth-order valence-corrected chi connectivity index (χ4v) is 4.00. The molecule has 0 amide bonds. The molecule has 6 nitrogen and oxygen atoms in total. The number of nitrogens with one attached hydrogen (secondary N) is 1. The van der Waals surface area contributed by atoms with Crippen molar-refractivity contribution in [3.63, 3.8) is 0 Å². The monoisotopic (exact) mass is 286 g/mol. The summed E-state index contributed by atoms with van der Waals surface area (Å²) in [4.78, 5) is 2.62. The summed E-state index contributed by atoms with van der Waals surface area (Å²) >= 11 is 0. The molecule has 108 valence electrons. The van der Waals surface area contributed by atoms with Gasteiger partial charge in [0.1, 0.15) is 4.90 Å². The Kier molecular flexibility index (Phi) is 4.27. The Morgan fingerprint density at radius 3 is 2.89 bits per heavy atom. The highest BCUT2D eigenvalue weighted by atomic mass is 32.2. The molecule has 0 bridgehead atoms. The van der Waals surface area contributed by atoms with Crippen LogP contribution in [0.4, 0.5) is 0 Å². The van der Waals surface area contributed by atoms with Gasteiger partial charge in [0, 0.05) is 19.6 Å². The Balaban J connectivity index is 2.11. The Bertz CT molecular complexity index is 526. The van der Waals surface area contributed by atoms with Crippen molar-refractivity contribution < 1.29 is 8.42 Å². The van der Waals surface area contributed by atoms with Crippen molar-refractivity contribution in [1.29, 1.82) is 0 Å². The number of likely N-dealkylation sites (N-methyl/N-ethyl adjacent to an activating group) is 2. The molecular weight excluding hydrogens is 264 g/mol. The Hall–Kier alpha value is -0.920. The number of aromatic nitrogens is 2. The van der Waals surface area contributed by atoms with Crippen molar-refractivity contribution in [3.8, 4) is 0 Å². The lowest BCUT2D eigenvalue weighted by Crippen LogP contribution is -2.41. The number of rotatable bonds is 5. The highest BCUT2D eigenvalue weighted by Gasteiger charge is 2.30. The van der Waals surface area contributed by atoms with Gasteiger partial charge in [0.05, 0.1) is 11.9 Å². The van der Waals surface area contributed by atoms with Crippen LogP contribution in [-0.2, 0) is 10.0 Å². The third-order valence-corrected chi connectivity index (χ3v) is 5.78. The Morgan fingerprint density at radius 2 is 2.32 bits per heavy atom. The molecule has 0 aliphatic carbocycles. The van der Waals surface area contributed by atoms with Gasteiger partial charge in [0.25, 0.3) is 0 Å². The quantitative estimate of drug-likeness (QED) is 0.870. The third-order valence-electron chi connectivity index (χ3n) is 3.84. The van der Waals surface area contributed by atoms with Crippen molar-refractivity contribution in [2.75, 3.05) is 26.7 Å². The van der Waals surface area contributed by atoms with Crippen LogP contribution in [0.25, 0.3) is 0 Å². The standard InChI is InChI=1S/C12H22N4O2S/c1-4-16-7-5-6-11(16)9-15(3)19(17,18)12-8-13-14-10(12)2/h8,11H,4-7,9H2,1-3H3,(H,13,14). The van der Waals surface area contributed by atoms with E-state index in [1.165, 1.54) is 10.5 Å². The van der Waals surface area contributed by atoms with Crippen LogP contribution >= 0.6 is 0 Å². The van der Waals surface area contributed by atoms with Crippen LogP contribution in [0.1, 0.15) is 25.5 Å². The molecule has 7 heteroatoms. The van der Waals surface area contributed by atoms with Crippen LogP contribution in [-0.4, -0.2) is 60.5 Å². The van der Waals surface area contributed by atoms with Crippen LogP contribution < -0.4 is 0 Å². The highest BCUT2D eigenvalue weighted by molar-refractivity contribution is 7.89. The molecule has 19 heavy (non-hydrogen) atoms. The van der Waals surface area contributed by atoms with Crippen molar-refractivity contribution in [2.45, 2.75) is 37.6 Å². The van der Waals surface area contributed by atoms with Gasteiger partial charge in [0.2, 0.25) is 10.0 Å². The van der Waals surface area contributed by atoms with Crippen LogP contribution in [0.3, 0.4) is 0 Å². The first-order chi connectivity index (χ1) is 8.96. The predicted molar refractivity (Wildman–Crippen MR) is 73.4 cm³/mol. The van der Waals surface area contributed by atoms with Crippen molar-refractivity contribution >= 4 is 10.0 Å². The van der Waals surface area contributed by atoms with E-state index in [2.05, 4.69) is 22.0 Å². The lowest BCUT2D eigenvalue weighted by molar-refractivity contribution is 0.237. The van der Waals surface area contributed by atoms with Crippen LogP contribution in [0.15, 0.2) is 11.1 Å². The first-order valence-corrected chi connectivity index (χ1v) is 8.11. The SMILES string of the molecule is CCN1CCCC1CN(C)S(=O)(=O)c1cn[nH]c1C. The lowest BCUT2D eigenvalue weighted by Gasteiger charge is -2.27. The second-order valence-corrected chi connectivity index (χ2v) is 7.08. The zero-order valence-corrected chi connectivity index (χ0v) is 12.6. The minimum atomic E-state index is -3.43. The van der Waals surface area contributed by atoms with Crippen LogP contribution in [0.2, 0.25) is 0 Å². The number of hydrogen-bond acceptors (Lipinski definition) is 4.